The molecule has 262 valence electrons. The third kappa shape index (κ3) is 8.90. The molecule has 0 aliphatic rings. The Morgan fingerprint density at radius 2 is 1.43 bits per heavy atom. The van der Waals surface area contributed by atoms with E-state index in [9.17, 15) is 48.9 Å². The van der Waals surface area contributed by atoms with E-state index >= 15 is 0 Å². The van der Waals surface area contributed by atoms with Crippen LogP contribution in [-0.4, -0.2) is 94.9 Å². The maximum atomic E-state index is 14.0. The minimum absolute atomic E-state index is 0.0163. The van der Waals surface area contributed by atoms with Crippen LogP contribution in [0, 0.1) is 5.41 Å². The van der Waals surface area contributed by atoms with Crippen molar-refractivity contribution in [3.05, 3.63) is 47.2 Å². The number of ketones is 2. The predicted octanol–water partition coefficient (Wildman–Crippen LogP) is -0.926. The number of fused-ring (bicyclic) bond motifs is 1. The fraction of sp³-hybridized carbons (Fsp3) is 0.367. The standard InChI is InChI=1S/C30H36N8O11/c31-16(7-9-19(39)40)22(43)30(28(48)49,11-17(32)27(46)47)23(44)18(8-10-20(41)42)36-26(45)14-4-1-13(2-5-14)3-6-15-12-35-25-21(15)24(33)37-29(34)38-25/h1-2,4-5,12,16-18H,3,6-11,31-32H2,(H,36,45)(H,39,40)(H,41,42)(H,46,47)(H,48,49)(H5,33,34,35,37,38)/t16-,17-,18-,30?/m0/s1. The molecule has 14 N–H and O–H groups in total. The first kappa shape index (κ1) is 37.5. The smallest absolute Gasteiger partial charge is 0.325 e. The number of anilines is 2. The topological polar surface area (TPSA) is 358 Å². The molecule has 49 heavy (non-hydrogen) atoms. The highest BCUT2D eigenvalue weighted by atomic mass is 16.4. The molecule has 1 unspecified atom stereocenters. The molecule has 0 aliphatic heterocycles. The highest BCUT2D eigenvalue weighted by molar-refractivity contribution is 6.25. The number of nitrogens with zero attached hydrogens (tertiary/aromatic N) is 2. The minimum Gasteiger partial charge on any atom is -0.481 e. The van der Waals surface area contributed by atoms with Crippen molar-refractivity contribution in [3.63, 3.8) is 0 Å². The number of hydrogen-bond donors (Lipinski definition) is 10. The van der Waals surface area contributed by atoms with Gasteiger partial charge in [-0.25, -0.2) is 0 Å². The van der Waals surface area contributed by atoms with Gasteiger partial charge in [0.25, 0.3) is 5.91 Å². The number of H-pyrrole nitrogens is 1. The number of aryl methyl sites for hydroxylation is 2. The molecule has 19 nitrogen and oxygen atoms in total. The van der Waals surface area contributed by atoms with E-state index in [1.54, 1.807) is 18.3 Å². The van der Waals surface area contributed by atoms with E-state index in [2.05, 4.69) is 20.3 Å². The number of aromatic amines is 1. The monoisotopic (exact) mass is 684 g/mol. The summed E-state index contributed by atoms with van der Waals surface area (Å²) < 4.78 is 0. The van der Waals surface area contributed by atoms with E-state index in [1.807, 2.05) is 0 Å². The van der Waals surface area contributed by atoms with E-state index in [4.69, 9.17) is 28.0 Å². The summed E-state index contributed by atoms with van der Waals surface area (Å²) in [4.78, 5) is 98.5. The van der Waals surface area contributed by atoms with E-state index in [0.717, 1.165) is 11.1 Å². The van der Waals surface area contributed by atoms with Gasteiger partial charge in [0.1, 0.15) is 17.5 Å². The van der Waals surface area contributed by atoms with E-state index in [1.165, 1.54) is 12.1 Å². The number of carboxylic acids is 4. The van der Waals surface area contributed by atoms with Crippen LogP contribution in [0.25, 0.3) is 11.0 Å². The van der Waals surface area contributed by atoms with E-state index in [-0.39, 0.29) is 17.3 Å². The average Bonchev–Trinajstić information content (AvgIpc) is 3.45. The lowest BCUT2D eigenvalue weighted by Gasteiger charge is -2.33. The van der Waals surface area contributed by atoms with Crippen molar-refractivity contribution in [1.82, 2.24) is 20.3 Å². The second-order valence-corrected chi connectivity index (χ2v) is 11.3. The van der Waals surface area contributed by atoms with Gasteiger partial charge in [-0.2, -0.15) is 9.97 Å². The fourth-order valence-corrected chi connectivity index (χ4v) is 5.28. The second-order valence-electron chi connectivity index (χ2n) is 11.3. The highest BCUT2D eigenvalue weighted by Gasteiger charge is 2.57. The Labute approximate surface area is 277 Å². The molecule has 2 heterocycles. The Morgan fingerprint density at radius 3 is 2.00 bits per heavy atom. The molecule has 0 fully saturated rings. The molecule has 3 rings (SSSR count). The third-order valence-corrected chi connectivity index (χ3v) is 7.88. The summed E-state index contributed by atoms with van der Waals surface area (Å²) in [5.74, 6) is -10.6. The van der Waals surface area contributed by atoms with Crippen LogP contribution in [0.1, 0.15) is 53.6 Å². The molecular weight excluding hydrogens is 648 g/mol. The number of carbonyl (C=O) groups is 7. The van der Waals surface area contributed by atoms with Gasteiger partial charge in [-0.3, -0.25) is 33.6 Å². The first-order valence-electron chi connectivity index (χ1n) is 14.8. The molecule has 1 amide bonds. The van der Waals surface area contributed by atoms with Crippen molar-refractivity contribution < 1.29 is 54.0 Å². The first-order chi connectivity index (χ1) is 23.0. The third-order valence-electron chi connectivity index (χ3n) is 7.88. The summed E-state index contributed by atoms with van der Waals surface area (Å²) >= 11 is 0. The van der Waals surface area contributed by atoms with Gasteiger partial charge in [0.15, 0.2) is 17.0 Å². The van der Waals surface area contributed by atoms with E-state index < -0.39 is 97.0 Å². The van der Waals surface area contributed by atoms with Crippen LogP contribution < -0.4 is 28.3 Å². The number of nitrogens with one attached hydrogen (secondary N) is 2. The zero-order chi connectivity index (χ0) is 36.6. The number of aromatic nitrogens is 3. The Bertz CT molecular complexity index is 1770. The van der Waals surface area contributed by atoms with Gasteiger partial charge >= 0.3 is 23.9 Å². The molecule has 0 saturated heterocycles. The quantitative estimate of drug-likeness (QED) is 0.0682. The molecule has 2 aromatic heterocycles. The lowest BCUT2D eigenvalue weighted by molar-refractivity contribution is -0.162. The maximum absolute atomic E-state index is 14.0. The number of hydrogen-bond acceptors (Lipinski definition) is 13. The first-order valence-corrected chi connectivity index (χ1v) is 14.8. The summed E-state index contributed by atoms with van der Waals surface area (Å²) in [6.45, 7) is 0. The van der Waals surface area contributed by atoms with Crippen molar-refractivity contribution in [1.29, 1.82) is 0 Å². The van der Waals surface area contributed by atoms with Crippen LogP contribution in [0.3, 0.4) is 0 Å². The Hall–Kier alpha value is -5.95. The number of aliphatic carboxylic acids is 4. The average molecular weight is 685 g/mol. The van der Waals surface area contributed by atoms with Crippen molar-refractivity contribution in [2.45, 2.75) is 63.1 Å². The Morgan fingerprint density at radius 1 is 0.816 bits per heavy atom. The molecule has 3 aromatic rings. The number of benzene rings is 1. The predicted molar refractivity (Wildman–Crippen MR) is 170 cm³/mol. The van der Waals surface area contributed by atoms with Crippen LogP contribution in [0.4, 0.5) is 11.8 Å². The van der Waals surface area contributed by atoms with Crippen molar-refractivity contribution in [2.75, 3.05) is 11.5 Å². The maximum Gasteiger partial charge on any atom is 0.325 e. The Balaban J connectivity index is 1.88. The summed E-state index contributed by atoms with van der Waals surface area (Å²) in [5, 5.41) is 40.7. The molecule has 4 atom stereocenters. The van der Waals surface area contributed by atoms with Crippen LogP contribution in [0.2, 0.25) is 0 Å². The lowest BCUT2D eigenvalue weighted by Crippen LogP contribution is -2.61. The number of carbonyl (C=O) groups excluding carboxylic acids is 3. The van der Waals surface area contributed by atoms with Crippen LogP contribution in [0.5, 0.6) is 0 Å². The molecule has 19 heteroatoms. The molecule has 0 bridgehead atoms. The normalized spacial score (nSPS) is 14.2. The van der Waals surface area contributed by atoms with Crippen molar-refractivity contribution in [3.8, 4) is 0 Å². The highest BCUT2D eigenvalue weighted by Crippen LogP contribution is 2.32. The fourth-order valence-electron chi connectivity index (χ4n) is 5.28. The lowest BCUT2D eigenvalue weighted by atomic mass is 9.69. The number of nitrogen functional groups attached to an aromatic ring is 2. The zero-order valence-corrected chi connectivity index (χ0v) is 25.9. The largest absolute Gasteiger partial charge is 0.481 e. The van der Waals surface area contributed by atoms with Crippen LogP contribution >= 0.6 is 0 Å². The molecule has 0 radical (unpaired) electrons. The summed E-state index contributed by atoms with van der Waals surface area (Å²) in [6, 6.07) is 0.0996. The van der Waals surface area contributed by atoms with E-state index in [0.29, 0.717) is 23.9 Å². The van der Waals surface area contributed by atoms with Crippen molar-refractivity contribution in [2.24, 2.45) is 16.9 Å². The molecule has 0 saturated carbocycles. The molecular formula is C30H36N8O11. The van der Waals surface area contributed by atoms with Gasteiger partial charge in [0, 0.05) is 31.0 Å². The number of rotatable bonds is 19. The number of Topliss-reactive ketones (excluding diaryl/α,β-unsaturated/α-hetero) is 2. The van der Waals surface area contributed by atoms with Crippen LogP contribution in [0.15, 0.2) is 30.5 Å². The summed E-state index contributed by atoms with van der Waals surface area (Å²) in [6.07, 6.45) is -1.41. The number of carboxylic acid groups (broad SMARTS) is 4. The SMILES string of the molecule is Nc1nc(N)c2c(CCc3ccc(C(=O)N[C@@H](CCC(=O)O)C(=O)C(C[C@H](N)C(=O)O)(C(=O)O)C(=O)[C@@H](N)CCC(=O)O)cc3)c[nH]c2n1. The minimum atomic E-state index is -3.28. The van der Waals surface area contributed by atoms with Crippen LogP contribution in [-0.2, 0) is 41.6 Å². The molecule has 1 aromatic carbocycles. The van der Waals surface area contributed by atoms with Gasteiger partial charge < -0.3 is 53.7 Å². The van der Waals surface area contributed by atoms with Gasteiger partial charge in [0.05, 0.1) is 17.5 Å². The summed E-state index contributed by atoms with van der Waals surface area (Å²) in [7, 11) is 0. The van der Waals surface area contributed by atoms with Crippen molar-refractivity contribution >= 4 is 64.2 Å². The van der Waals surface area contributed by atoms with Gasteiger partial charge in [-0.15, -0.1) is 0 Å². The Kier molecular flexibility index (Phi) is 12.1. The second kappa shape index (κ2) is 15.8. The number of nitrogens with two attached hydrogens (primary N) is 4. The zero-order valence-electron chi connectivity index (χ0n) is 25.9. The molecule has 0 spiro atoms. The number of amides is 1. The van der Waals surface area contributed by atoms with Gasteiger partial charge in [-0.1, -0.05) is 12.1 Å². The van der Waals surface area contributed by atoms with Gasteiger partial charge in [-0.05, 0) is 48.9 Å². The molecule has 0 aliphatic carbocycles. The summed E-state index contributed by atoms with van der Waals surface area (Å²) in [5.41, 5.74) is 21.7. The van der Waals surface area contributed by atoms with Gasteiger partial charge in [0.2, 0.25) is 5.95 Å².